The standard InChI is InChI=1S/C22H18F3N3O2S/c1-13-3-7-17(8-4-13)31-28-27-14(2)15-5-10-20-19(11-15)26-18-9-6-16(12-21(18)29-20)30-22(23,24)25/h3-12,26,28H,1-2H3/b27-14+. The summed E-state index contributed by atoms with van der Waals surface area (Å²) in [6, 6.07) is 17.5. The average molecular weight is 445 g/mol. The zero-order chi connectivity index (χ0) is 22.0. The molecular formula is C22H18F3N3O2S. The third kappa shape index (κ3) is 5.24. The molecule has 4 rings (SSSR count). The molecule has 0 bridgehead atoms. The molecular weight excluding hydrogens is 427 g/mol. The van der Waals surface area contributed by atoms with Crippen molar-refractivity contribution in [1.29, 1.82) is 0 Å². The van der Waals surface area contributed by atoms with Crippen molar-refractivity contribution in [1.82, 2.24) is 4.83 Å². The SMILES string of the molecule is C/C(=N\NSc1ccc(C)cc1)c1ccc2c(c1)Nc1ccc(OC(F)(F)F)cc1O2. The maximum absolute atomic E-state index is 12.4. The second-order valence-electron chi connectivity index (χ2n) is 6.85. The molecule has 0 unspecified atom stereocenters. The van der Waals surface area contributed by atoms with Crippen molar-refractivity contribution in [3.63, 3.8) is 0 Å². The largest absolute Gasteiger partial charge is 0.573 e. The van der Waals surface area contributed by atoms with Crippen LogP contribution in [-0.2, 0) is 0 Å². The molecule has 3 aromatic carbocycles. The van der Waals surface area contributed by atoms with Gasteiger partial charge in [-0.3, -0.25) is 0 Å². The first-order valence-electron chi connectivity index (χ1n) is 9.29. The lowest BCUT2D eigenvalue weighted by Gasteiger charge is -2.23. The molecule has 31 heavy (non-hydrogen) atoms. The van der Waals surface area contributed by atoms with Crippen molar-refractivity contribution in [3.05, 3.63) is 71.8 Å². The van der Waals surface area contributed by atoms with Crippen molar-refractivity contribution in [2.45, 2.75) is 25.1 Å². The minimum Gasteiger partial charge on any atom is -0.453 e. The molecule has 0 spiro atoms. The Labute approximate surface area is 181 Å². The van der Waals surface area contributed by atoms with Gasteiger partial charge in [0.25, 0.3) is 0 Å². The third-order valence-corrected chi connectivity index (χ3v) is 5.16. The number of halogens is 3. The van der Waals surface area contributed by atoms with Gasteiger partial charge in [0.2, 0.25) is 0 Å². The van der Waals surface area contributed by atoms with Crippen LogP contribution in [0.5, 0.6) is 17.2 Å². The first-order valence-corrected chi connectivity index (χ1v) is 10.1. The number of hydrazone groups is 1. The Kier molecular flexibility index (Phi) is 5.69. The van der Waals surface area contributed by atoms with Crippen molar-refractivity contribution in [2.24, 2.45) is 5.10 Å². The quantitative estimate of drug-likeness (QED) is 0.202. The first kappa shape index (κ1) is 20.9. The molecule has 0 amide bonds. The molecule has 0 saturated carbocycles. The van der Waals surface area contributed by atoms with Crippen molar-refractivity contribution >= 4 is 29.0 Å². The number of rotatable bonds is 5. The molecule has 2 N–H and O–H groups in total. The van der Waals surface area contributed by atoms with Gasteiger partial charge in [-0.15, -0.1) is 13.2 Å². The predicted octanol–water partition coefficient (Wildman–Crippen LogP) is 6.76. The van der Waals surface area contributed by atoms with Crippen LogP contribution >= 0.6 is 11.9 Å². The summed E-state index contributed by atoms with van der Waals surface area (Å²) < 4.78 is 47.0. The predicted molar refractivity (Wildman–Crippen MR) is 115 cm³/mol. The van der Waals surface area contributed by atoms with Crippen molar-refractivity contribution < 1.29 is 22.6 Å². The van der Waals surface area contributed by atoms with Crippen LogP contribution in [0, 0.1) is 6.92 Å². The molecule has 1 aliphatic rings. The number of hydrogen-bond acceptors (Lipinski definition) is 6. The van der Waals surface area contributed by atoms with E-state index < -0.39 is 6.36 Å². The average Bonchev–Trinajstić information content (AvgIpc) is 2.72. The summed E-state index contributed by atoms with van der Waals surface area (Å²) in [6.07, 6.45) is -4.76. The molecule has 0 aromatic heterocycles. The van der Waals surface area contributed by atoms with Gasteiger partial charge in [0.05, 0.1) is 17.1 Å². The van der Waals surface area contributed by atoms with Crippen LogP contribution in [0.25, 0.3) is 0 Å². The molecule has 1 heterocycles. The Hall–Kier alpha value is -3.33. The van der Waals surface area contributed by atoms with Gasteiger partial charge in [-0.05, 0) is 61.9 Å². The van der Waals surface area contributed by atoms with E-state index in [1.54, 1.807) is 6.07 Å². The van der Waals surface area contributed by atoms with Crippen LogP contribution in [-0.4, -0.2) is 12.1 Å². The molecule has 9 heteroatoms. The highest BCUT2D eigenvalue weighted by molar-refractivity contribution is 7.97. The molecule has 0 saturated heterocycles. The highest BCUT2D eigenvalue weighted by Gasteiger charge is 2.31. The van der Waals surface area contributed by atoms with Crippen LogP contribution in [0.4, 0.5) is 24.5 Å². The van der Waals surface area contributed by atoms with Gasteiger partial charge in [-0.25, -0.2) is 4.83 Å². The molecule has 5 nitrogen and oxygen atoms in total. The van der Waals surface area contributed by atoms with Gasteiger partial charge in [0, 0.05) is 22.9 Å². The highest BCUT2D eigenvalue weighted by atomic mass is 32.2. The Bertz CT molecular complexity index is 1130. The number of nitrogens with zero attached hydrogens (tertiary/aromatic N) is 1. The number of benzene rings is 3. The zero-order valence-corrected chi connectivity index (χ0v) is 17.4. The highest BCUT2D eigenvalue weighted by Crippen LogP contribution is 2.44. The summed E-state index contributed by atoms with van der Waals surface area (Å²) in [4.78, 5) is 4.04. The summed E-state index contributed by atoms with van der Waals surface area (Å²) in [6.45, 7) is 3.91. The summed E-state index contributed by atoms with van der Waals surface area (Å²) in [5.41, 5.74) is 4.06. The van der Waals surface area contributed by atoms with E-state index in [0.29, 0.717) is 17.1 Å². The summed E-state index contributed by atoms with van der Waals surface area (Å²) in [5, 5.41) is 7.56. The first-order chi connectivity index (χ1) is 14.8. The fourth-order valence-corrected chi connectivity index (χ4v) is 3.47. The summed E-state index contributed by atoms with van der Waals surface area (Å²) in [5.74, 6) is 0.409. The number of aryl methyl sites for hydroxylation is 1. The molecule has 160 valence electrons. The van der Waals surface area contributed by atoms with E-state index in [4.69, 9.17) is 4.74 Å². The van der Waals surface area contributed by atoms with E-state index >= 15 is 0 Å². The van der Waals surface area contributed by atoms with E-state index in [0.717, 1.165) is 16.2 Å². The van der Waals surface area contributed by atoms with Gasteiger partial charge in [0.15, 0.2) is 11.5 Å². The van der Waals surface area contributed by atoms with Gasteiger partial charge in [-0.1, -0.05) is 17.7 Å². The van der Waals surface area contributed by atoms with Gasteiger partial charge in [0.1, 0.15) is 5.75 Å². The number of hydrogen-bond donors (Lipinski definition) is 2. The topological polar surface area (TPSA) is 54.9 Å². The number of nitrogens with one attached hydrogen (secondary N) is 2. The third-order valence-electron chi connectivity index (χ3n) is 4.47. The lowest BCUT2D eigenvalue weighted by atomic mass is 10.1. The van der Waals surface area contributed by atoms with Gasteiger partial charge >= 0.3 is 6.36 Å². The summed E-state index contributed by atoms with van der Waals surface area (Å²) >= 11 is 1.41. The Morgan fingerprint density at radius 2 is 1.77 bits per heavy atom. The Morgan fingerprint density at radius 1 is 1.00 bits per heavy atom. The smallest absolute Gasteiger partial charge is 0.453 e. The second kappa shape index (κ2) is 8.43. The lowest BCUT2D eigenvalue weighted by Crippen LogP contribution is -2.17. The molecule has 0 atom stereocenters. The number of ether oxygens (including phenoxy) is 2. The minimum absolute atomic E-state index is 0.253. The fourth-order valence-electron chi connectivity index (χ4n) is 2.91. The normalized spacial score (nSPS) is 12.9. The number of anilines is 2. The van der Waals surface area contributed by atoms with Crippen LogP contribution < -0.4 is 19.6 Å². The molecule has 0 radical (unpaired) electrons. The van der Waals surface area contributed by atoms with Crippen LogP contribution in [0.2, 0.25) is 0 Å². The Balaban J connectivity index is 1.45. The van der Waals surface area contributed by atoms with E-state index in [2.05, 4.69) is 20.0 Å². The lowest BCUT2D eigenvalue weighted by molar-refractivity contribution is -0.274. The maximum atomic E-state index is 12.4. The minimum atomic E-state index is -4.76. The molecule has 3 aromatic rings. The fraction of sp³-hybridized carbons (Fsp3) is 0.136. The van der Waals surface area contributed by atoms with Crippen LogP contribution in [0.1, 0.15) is 18.1 Å². The van der Waals surface area contributed by atoms with Crippen LogP contribution in [0.15, 0.2) is 70.7 Å². The van der Waals surface area contributed by atoms with Crippen LogP contribution in [0.3, 0.4) is 0 Å². The number of alkyl halides is 3. The van der Waals surface area contributed by atoms with E-state index in [-0.39, 0.29) is 11.5 Å². The molecule has 0 aliphatic carbocycles. The Morgan fingerprint density at radius 3 is 2.52 bits per heavy atom. The molecule has 0 fully saturated rings. The molecule has 1 aliphatic heterocycles. The monoisotopic (exact) mass is 445 g/mol. The van der Waals surface area contributed by atoms with Gasteiger partial charge < -0.3 is 14.8 Å². The van der Waals surface area contributed by atoms with E-state index in [1.165, 1.54) is 35.7 Å². The summed E-state index contributed by atoms with van der Waals surface area (Å²) in [7, 11) is 0. The maximum Gasteiger partial charge on any atom is 0.573 e. The van der Waals surface area contributed by atoms with E-state index in [9.17, 15) is 13.2 Å². The van der Waals surface area contributed by atoms with Gasteiger partial charge in [-0.2, -0.15) is 5.10 Å². The number of fused-ring (bicyclic) bond motifs is 2. The van der Waals surface area contributed by atoms with E-state index in [1.807, 2.05) is 50.2 Å². The second-order valence-corrected chi connectivity index (χ2v) is 7.71. The van der Waals surface area contributed by atoms with Crippen molar-refractivity contribution in [3.8, 4) is 17.2 Å². The zero-order valence-electron chi connectivity index (χ0n) is 16.6. The van der Waals surface area contributed by atoms with Crippen molar-refractivity contribution in [2.75, 3.05) is 5.32 Å².